The molecule has 0 heterocycles. The lowest BCUT2D eigenvalue weighted by Gasteiger charge is -1.90. The van der Waals surface area contributed by atoms with Gasteiger partial charge in [0.2, 0.25) is 5.91 Å². The lowest BCUT2D eigenvalue weighted by Crippen LogP contribution is -2.19. The van der Waals surface area contributed by atoms with Crippen molar-refractivity contribution in [1.82, 2.24) is 5.32 Å². The molecular weight excluding hydrogens is 148 g/mol. The maximum absolute atomic E-state index is 10.4. The second kappa shape index (κ2) is 5.16. The number of carbonyl (C=O) groups is 2. The fourth-order valence-electron chi connectivity index (χ4n) is 0.260. The highest BCUT2D eigenvalue weighted by molar-refractivity contribution is 5.96. The van der Waals surface area contributed by atoms with Gasteiger partial charge < -0.3 is 10.1 Å². The number of nitrogens with one attached hydrogen (secondary N) is 1. The van der Waals surface area contributed by atoms with Gasteiger partial charge in [-0.05, 0) is 6.08 Å². The van der Waals surface area contributed by atoms with Crippen LogP contribution in [0.15, 0.2) is 17.6 Å². The summed E-state index contributed by atoms with van der Waals surface area (Å²) in [5.41, 5.74) is 0. The summed E-state index contributed by atoms with van der Waals surface area (Å²) in [6.45, 7) is 3.19. The molecule has 5 nitrogen and oxygen atoms in total. The zero-order chi connectivity index (χ0) is 8.69. The molecule has 0 atom stereocenters. The fraction of sp³-hybridized carbons (Fsp3) is 0.167. The van der Waals surface area contributed by atoms with E-state index in [1.165, 1.54) is 7.11 Å². The van der Waals surface area contributed by atoms with Crippen LogP contribution in [0.5, 0.6) is 0 Å². The van der Waals surface area contributed by atoms with E-state index >= 15 is 0 Å². The first-order chi connectivity index (χ1) is 5.20. The number of amides is 2. The number of rotatable bonds is 2. The summed E-state index contributed by atoms with van der Waals surface area (Å²) in [7, 11) is 1.19. The van der Waals surface area contributed by atoms with Gasteiger partial charge in [-0.25, -0.2) is 4.79 Å². The van der Waals surface area contributed by atoms with Crippen LogP contribution in [0, 0.1) is 0 Å². The SMILES string of the molecule is C=CC(=O)NC=NC(=O)OC. The van der Waals surface area contributed by atoms with E-state index in [2.05, 4.69) is 21.6 Å². The summed E-state index contributed by atoms with van der Waals surface area (Å²) < 4.78 is 4.15. The molecule has 0 unspecified atom stereocenters. The van der Waals surface area contributed by atoms with E-state index in [0.717, 1.165) is 12.4 Å². The van der Waals surface area contributed by atoms with Gasteiger partial charge in [-0.3, -0.25) is 4.79 Å². The van der Waals surface area contributed by atoms with Crippen molar-refractivity contribution < 1.29 is 14.3 Å². The Labute approximate surface area is 63.8 Å². The van der Waals surface area contributed by atoms with E-state index in [1.54, 1.807) is 0 Å². The standard InChI is InChI=1S/C6H8N2O3/c1-3-5(9)7-4-8-6(10)11-2/h3-4H,1H2,2H3,(H,7,8,9,10). The highest BCUT2D eigenvalue weighted by Crippen LogP contribution is 1.75. The van der Waals surface area contributed by atoms with Crippen LogP contribution in [0.3, 0.4) is 0 Å². The predicted molar refractivity (Wildman–Crippen MR) is 39.2 cm³/mol. The molecule has 0 aliphatic carbocycles. The highest BCUT2D eigenvalue weighted by atomic mass is 16.5. The molecule has 60 valence electrons. The zero-order valence-electron chi connectivity index (χ0n) is 6.03. The van der Waals surface area contributed by atoms with E-state index in [9.17, 15) is 9.59 Å². The summed E-state index contributed by atoms with van der Waals surface area (Å²) in [5.74, 6) is -0.433. The minimum atomic E-state index is -0.769. The molecule has 2 amide bonds. The van der Waals surface area contributed by atoms with Crippen molar-refractivity contribution in [2.75, 3.05) is 7.11 Å². The highest BCUT2D eigenvalue weighted by Gasteiger charge is 1.91. The number of carbonyl (C=O) groups excluding carboxylic acids is 2. The quantitative estimate of drug-likeness (QED) is 0.350. The molecule has 0 saturated heterocycles. The van der Waals surface area contributed by atoms with Crippen molar-refractivity contribution >= 4 is 18.3 Å². The number of nitrogens with zero attached hydrogens (tertiary/aromatic N) is 1. The van der Waals surface area contributed by atoms with Crippen LogP contribution in [0.4, 0.5) is 4.79 Å². The molecule has 0 aliphatic heterocycles. The van der Waals surface area contributed by atoms with Gasteiger partial charge in [-0.15, -0.1) is 0 Å². The molecule has 0 rings (SSSR count). The van der Waals surface area contributed by atoms with Gasteiger partial charge in [0.25, 0.3) is 0 Å². The van der Waals surface area contributed by atoms with Crippen LogP contribution in [0.1, 0.15) is 0 Å². The molecule has 11 heavy (non-hydrogen) atoms. The number of methoxy groups -OCH3 is 1. The smallest absolute Gasteiger partial charge is 0.434 e. The summed E-state index contributed by atoms with van der Waals surface area (Å²) >= 11 is 0. The third-order valence-electron chi connectivity index (χ3n) is 0.737. The Bertz CT molecular complexity index is 198. The monoisotopic (exact) mass is 156 g/mol. The summed E-state index contributed by atoms with van der Waals surface area (Å²) in [6, 6.07) is 0. The summed E-state index contributed by atoms with van der Waals surface area (Å²) in [5, 5.41) is 2.15. The van der Waals surface area contributed by atoms with Gasteiger partial charge in [-0.1, -0.05) is 6.58 Å². The number of ether oxygens (including phenoxy) is 1. The molecule has 0 bridgehead atoms. The minimum Gasteiger partial charge on any atom is -0.451 e. The molecule has 0 fully saturated rings. The third kappa shape index (κ3) is 4.83. The third-order valence-corrected chi connectivity index (χ3v) is 0.737. The van der Waals surface area contributed by atoms with Crippen molar-refractivity contribution in [3.05, 3.63) is 12.7 Å². The Kier molecular flexibility index (Phi) is 4.39. The molecule has 0 aromatic heterocycles. The van der Waals surface area contributed by atoms with Crippen LogP contribution >= 0.6 is 0 Å². The molecule has 0 saturated carbocycles. The van der Waals surface area contributed by atoms with Gasteiger partial charge in [0.05, 0.1) is 7.11 Å². The van der Waals surface area contributed by atoms with Gasteiger partial charge in [0.1, 0.15) is 6.34 Å². The van der Waals surface area contributed by atoms with E-state index in [4.69, 9.17) is 0 Å². The van der Waals surface area contributed by atoms with Crippen molar-refractivity contribution in [2.45, 2.75) is 0 Å². The Balaban J connectivity index is 3.68. The molecule has 0 radical (unpaired) electrons. The normalized spacial score (nSPS) is 9.18. The minimum absolute atomic E-state index is 0.433. The topological polar surface area (TPSA) is 67.8 Å². The average molecular weight is 156 g/mol. The molecule has 0 aliphatic rings. The van der Waals surface area contributed by atoms with E-state index in [1.807, 2.05) is 0 Å². The van der Waals surface area contributed by atoms with E-state index < -0.39 is 12.0 Å². The van der Waals surface area contributed by atoms with Gasteiger partial charge in [0, 0.05) is 0 Å². The Morgan fingerprint density at radius 2 is 2.27 bits per heavy atom. The van der Waals surface area contributed by atoms with Gasteiger partial charge in [-0.2, -0.15) is 4.99 Å². The van der Waals surface area contributed by atoms with Crippen LogP contribution in [-0.4, -0.2) is 25.4 Å². The maximum atomic E-state index is 10.4. The first kappa shape index (κ1) is 9.35. The van der Waals surface area contributed by atoms with Crippen molar-refractivity contribution in [2.24, 2.45) is 4.99 Å². The molecule has 5 heteroatoms. The first-order valence-electron chi connectivity index (χ1n) is 2.74. The van der Waals surface area contributed by atoms with Gasteiger partial charge in [0.15, 0.2) is 0 Å². The number of hydrogen-bond donors (Lipinski definition) is 1. The summed E-state index contributed by atoms with van der Waals surface area (Å²) in [6.07, 6.45) is 1.23. The van der Waals surface area contributed by atoms with Crippen LogP contribution in [0.2, 0.25) is 0 Å². The Morgan fingerprint density at radius 1 is 1.64 bits per heavy atom. The maximum Gasteiger partial charge on any atom is 0.434 e. The molecule has 1 N–H and O–H groups in total. The van der Waals surface area contributed by atoms with Crippen LogP contribution < -0.4 is 5.32 Å². The van der Waals surface area contributed by atoms with Crippen molar-refractivity contribution in [3.63, 3.8) is 0 Å². The van der Waals surface area contributed by atoms with Crippen molar-refractivity contribution in [1.29, 1.82) is 0 Å². The second-order valence-electron chi connectivity index (χ2n) is 1.44. The number of hydrogen-bond acceptors (Lipinski definition) is 3. The van der Waals surface area contributed by atoms with E-state index in [-0.39, 0.29) is 0 Å². The van der Waals surface area contributed by atoms with Gasteiger partial charge >= 0.3 is 6.09 Å². The largest absolute Gasteiger partial charge is 0.451 e. The van der Waals surface area contributed by atoms with Crippen LogP contribution in [-0.2, 0) is 9.53 Å². The lowest BCUT2D eigenvalue weighted by atomic mass is 10.6. The van der Waals surface area contributed by atoms with E-state index in [0.29, 0.717) is 0 Å². The first-order valence-corrected chi connectivity index (χ1v) is 2.74. The average Bonchev–Trinajstić information content (AvgIpc) is 2.04. The van der Waals surface area contributed by atoms with Crippen LogP contribution in [0.25, 0.3) is 0 Å². The molecular formula is C6H8N2O3. The fourth-order valence-corrected chi connectivity index (χ4v) is 0.260. The Hall–Kier alpha value is -1.65. The Morgan fingerprint density at radius 3 is 2.73 bits per heavy atom. The second-order valence-corrected chi connectivity index (χ2v) is 1.44. The molecule has 0 aromatic carbocycles. The van der Waals surface area contributed by atoms with Crippen molar-refractivity contribution in [3.8, 4) is 0 Å². The zero-order valence-corrected chi connectivity index (χ0v) is 6.03. The summed E-state index contributed by atoms with van der Waals surface area (Å²) in [4.78, 5) is 23.9. The molecule has 0 spiro atoms. The number of aliphatic imine (C=N–C) groups is 1. The lowest BCUT2D eigenvalue weighted by molar-refractivity contribution is -0.115. The predicted octanol–water partition coefficient (Wildman–Crippen LogP) is 0.0833. The molecule has 0 aromatic rings.